The fourth-order valence-electron chi connectivity index (χ4n) is 3.61. The van der Waals surface area contributed by atoms with Crippen molar-refractivity contribution in [2.75, 3.05) is 29.9 Å². The Balaban J connectivity index is 1.93. The van der Waals surface area contributed by atoms with Crippen molar-refractivity contribution in [1.82, 2.24) is 10.2 Å². The SMILES string of the molecule is CCS(=O)(=O)N(CC(=O)N(Cc1ccccc1Cl)C(C)C(=O)NCC(C)C)c1ccc2c(c1)OCO2. The Morgan fingerprint density at radius 3 is 2.44 bits per heavy atom. The zero-order valence-electron chi connectivity index (χ0n) is 20.9. The highest BCUT2D eigenvalue weighted by molar-refractivity contribution is 7.92. The van der Waals surface area contributed by atoms with Crippen molar-refractivity contribution in [2.45, 2.75) is 40.3 Å². The molecule has 2 aromatic rings. The first kappa shape index (κ1) is 27.6. The van der Waals surface area contributed by atoms with Crippen LogP contribution in [0.25, 0.3) is 0 Å². The Morgan fingerprint density at radius 2 is 1.78 bits per heavy atom. The van der Waals surface area contributed by atoms with Crippen molar-refractivity contribution in [1.29, 1.82) is 0 Å². The van der Waals surface area contributed by atoms with Crippen molar-refractivity contribution in [3.63, 3.8) is 0 Å². The molecule has 196 valence electrons. The van der Waals surface area contributed by atoms with Crippen molar-refractivity contribution < 1.29 is 27.5 Å². The summed E-state index contributed by atoms with van der Waals surface area (Å²) in [4.78, 5) is 27.9. The molecular weight excluding hydrogens is 506 g/mol. The van der Waals surface area contributed by atoms with Gasteiger partial charge in [0, 0.05) is 24.2 Å². The molecule has 0 aliphatic carbocycles. The number of hydrogen-bond donors (Lipinski definition) is 1. The fourth-order valence-corrected chi connectivity index (χ4v) is 4.85. The molecule has 0 saturated heterocycles. The van der Waals surface area contributed by atoms with E-state index >= 15 is 0 Å². The van der Waals surface area contributed by atoms with Crippen LogP contribution in [-0.2, 0) is 26.2 Å². The number of benzene rings is 2. The second-order valence-corrected chi connectivity index (χ2v) is 11.5. The van der Waals surface area contributed by atoms with Crippen molar-refractivity contribution in [3.8, 4) is 11.5 Å². The van der Waals surface area contributed by atoms with Gasteiger partial charge in [0.15, 0.2) is 11.5 Å². The molecule has 3 rings (SSSR count). The van der Waals surface area contributed by atoms with Crippen LogP contribution < -0.4 is 19.1 Å². The number of rotatable bonds is 11. The third kappa shape index (κ3) is 6.61. The van der Waals surface area contributed by atoms with E-state index < -0.39 is 28.5 Å². The molecule has 1 aliphatic heterocycles. The van der Waals surface area contributed by atoms with Gasteiger partial charge >= 0.3 is 0 Å². The molecule has 0 fully saturated rings. The van der Waals surface area contributed by atoms with Gasteiger partial charge in [-0.05, 0) is 43.5 Å². The smallest absolute Gasteiger partial charge is 0.244 e. The van der Waals surface area contributed by atoms with Crippen LogP contribution in [-0.4, -0.2) is 56.8 Å². The molecule has 2 amide bonds. The first-order valence-electron chi connectivity index (χ1n) is 11.7. The number of ether oxygens (including phenoxy) is 2. The van der Waals surface area contributed by atoms with E-state index in [2.05, 4.69) is 5.32 Å². The molecule has 0 saturated carbocycles. The minimum absolute atomic E-state index is 0.0346. The predicted octanol–water partition coefficient (Wildman–Crippen LogP) is 3.41. The standard InChI is InChI=1S/C25H32ClN3O6S/c1-5-36(32,33)29(20-10-11-22-23(12-20)35-16-34-22)15-24(30)28(14-19-8-6-7-9-21(19)26)18(4)25(31)27-13-17(2)3/h6-12,17-18H,5,13-16H2,1-4H3,(H,27,31). The minimum atomic E-state index is -3.84. The van der Waals surface area contributed by atoms with E-state index in [1.165, 1.54) is 17.9 Å². The van der Waals surface area contributed by atoms with Crippen LogP contribution in [0.3, 0.4) is 0 Å². The van der Waals surface area contributed by atoms with Crippen LogP contribution in [0.2, 0.25) is 5.02 Å². The van der Waals surface area contributed by atoms with Crippen LogP contribution in [0, 0.1) is 5.92 Å². The Hall–Kier alpha value is -2.98. The van der Waals surface area contributed by atoms with Gasteiger partial charge in [-0.3, -0.25) is 13.9 Å². The van der Waals surface area contributed by atoms with Crippen LogP contribution in [0.4, 0.5) is 5.69 Å². The van der Waals surface area contributed by atoms with Gasteiger partial charge in [-0.2, -0.15) is 0 Å². The number of hydrogen-bond acceptors (Lipinski definition) is 6. The fraction of sp³-hybridized carbons (Fsp3) is 0.440. The Labute approximate surface area is 217 Å². The molecule has 2 aromatic carbocycles. The van der Waals surface area contributed by atoms with Crippen LogP contribution in [0.1, 0.15) is 33.3 Å². The minimum Gasteiger partial charge on any atom is -0.454 e. The van der Waals surface area contributed by atoms with Crippen LogP contribution in [0.15, 0.2) is 42.5 Å². The van der Waals surface area contributed by atoms with Gasteiger partial charge in [0.05, 0.1) is 11.4 Å². The first-order chi connectivity index (χ1) is 17.0. The molecular formula is C25H32ClN3O6S. The third-order valence-electron chi connectivity index (χ3n) is 5.77. The van der Waals surface area contributed by atoms with Gasteiger partial charge in [-0.1, -0.05) is 43.6 Å². The highest BCUT2D eigenvalue weighted by Gasteiger charge is 2.32. The lowest BCUT2D eigenvalue weighted by Gasteiger charge is -2.32. The normalized spacial score (nSPS) is 13.4. The monoisotopic (exact) mass is 537 g/mol. The first-order valence-corrected chi connectivity index (χ1v) is 13.7. The summed E-state index contributed by atoms with van der Waals surface area (Å²) in [6.07, 6.45) is 0. The van der Waals surface area contributed by atoms with Gasteiger partial charge < -0.3 is 19.7 Å². The van der Waals surface area contributed by atoms with Gasteiger partial charge in [0.1, 0.15) is 12.6 Å². The van der Waals surface area contributed by atoms with Crippen molar-refractivity contribution in [2.24, 2.45) is 5.92 Å². The molecule has 11 heteroatoms. The summed E-state index contributed by atoms with van der Waals surface area (Å²) in [5.74, 6) is 0.0169. The molecule has 1 N–H and O–H groups in total. The zero-order valence-corrected chi connectivity index (χ0v) is 22.4. The second-order valence-electron chi connectivity index (χ2n) is 8.87. The lowest BCUT2D eigenvalue weighted by molar-refractivity contribution is -0.139. The lowest BCUT2D eigenvalue weighted by atomic mass is 10.1. The number of nitrogens with one attached hydrogen (secondary N) is 1. The van der Waals surface area contributed by atoms with E-state index in [0.29, 0.717) is 28.6 Å². The number of carbonyl (C=O) groups excluding carboxylic acids is 2. The van der Waals surface area contributed by atoms with Gasteiger partial charge in [0.2, 0.25) is 28.6 Å². The summed E-state index contributed by atoms with van der Waals surface area (Å²) >= 11 is 6.34. The molecule has 0 bridgehead atoms. The van der Waals surface area contributed by atoms with E-state index in [-0.39, 0.29) is 36.6 Å². The highest BCUT2D eigenvalue weighted by Crippen LogP contribution is 2.36. The molecule has 0 radical (unpaired) electrons. The van der Waals surface area contributed by atoms with E-state index in [4.69, 9.17) is 21.1 Å². The third-order valence-corrected chi connectivity index (χ3v) is 7.88. The van der Waals surface area contributed by atoms with Crippen LogP contribution >= 0.6 is 11.6 Å². The number of nitrogens with zero attached hydrogens (tertiary/aromatic N) is 2. The molecule has 1 atom stereocenters. The van der Waals surface area contributed by atoms with Crippen molar-refractivity contribution >= 4 is 39.1 Å². The van der Waals surface area contributed by atoms with Crippen LogP contribution in [0.5, 0.6) is 11.5 Å². The van der Waals surface area contributed by atoms with Gasteiger partial charge in [-0.25, -0.2) is 8.42 Å². The number of amides is 2. The second kappa shape index (κ2) is 11.8. The number of carbonyl (C=O) groups is 2. The highest BCUT2D eigenvalue weighted by atomic mass is 35.5. The lowest BCUT2D eigenvalue weighted by Crippen LogP contribution is -2.51. The van der Waals surface area contributed by atoms with Crippen molar-refractivity contribution in [3.05, 3.63) is 53.1 Å². The molecule has 0 spiro atoms. The molecule has 1 unspecified atom stereocenters. The molecule has 9 nitrogen and oxygen atoms in total. The number of fused-ring (bicyclic) bond motifs is 1. The van der Waals surface area contributed by atoms with E-state index in [0.717, 1.165) is 4.31 Å². The quantitative estimate of drug-likeness (QED) is 0.471. The number of anilines is 1. The topological polar surface area (TPSA) is 105 Å². The Bertz CT molecular complexity index is 1200. The van der Waals surface area contributed by atoms with Gasteiger partial charge in [-0.15, -0.1) is 0 Å². The summed E-state index contributed by atoms with van der Waals surface area (Å²) in [5, 5.41) is 3.29. The average Bonchev–Trinajstić information content (AvgIpc) is 3.32. The number of halogens is 1. The zero-order chi connectivity index (χ0) is 26.5. The maximum atomic E-state index is 13.7. The van der Waals surface area contributed by atoms with Gasteiger partial charge in [0.25, 0.3) is 0 Å². The maximum Gasteiger partial charge on any atom is 0.244 e. The molecule has 36 heavy (non-hydrogen) atoms. The number of sulfonamides is 1. The van der Waals surface area contributed by atoms with E-state index in [1.807, 2.05) is 13.8 Å². The Morgan fingerprint density at radius 1 is 1.08 bits per heavy atom. The summed E-state index contributed by atoms with van der Waals surface area (Å²) in [5.41, 5.74) is 0.910. The molecule has 1 aliphatic rings. The van der Waals surface area contributed by atoms with E-state index in [9.17, 15) is 18.0 Å². The molecule has 1 heterocycles. The van der Waals surface area contributed by atoms with E-state index in [1.54, 1.807) is 43.3 Å². The Kier molecular flexibility index (Phi) is 9.08. The summed E-state index contributed by atoms with van der Waals surface area (Å²) in [6, 6.07) is 10.8. The maximum absolute atomic E-state index is 13.7. The summed E-state index contributed by atoms with van der Waals surface area (Å²) in [6.45, 7) is 7.08. The largest absolute Gasteiger partial charge is 0.454 e. The summed E-state index contributed by atoms with van der Waals surface area (Å²) < 4.78 is 37.8. The average molecular weight is 538 g/mol. The summed E-state index contributed by atoms with van der Waals surface area (Å²) in [7, 11) is -3.84. The predicted molar refractivity (Wildman–Crippen MR) is 139 cm³/mol. The molecule has 0 aromatic heterocycles.